The van der Waals surface area contributed by atoms with Crippen molar-refractivity contribution in [2.45, 2.75) is 24.9 Å². The second-order valence-electron chi connectivity index (χ2n) is 3.11. The Labute approximate surface area is 86.9 Å². The van der Waals surface area contributed by atoms with Crippen LogP contribution >= 0.6 is 0 Å². The molecule has 15 heavy (non-hydrogen) atoms. The Kier molecular flexibility index (Phi) is 6.59. The van der Waals surface area contributed by atoms with E-state index in [9.17, 15) is 9.59 Å². The van der Waals surface area contributed by atoms with Gasteiger partial charge in [0.15, 0.2) is 0 Å². The van der Waals surface area contributed by atoms with Crippen LogP contribution in [0.2, 0.25) is 0 Å². The Balaban J connectivity index is 0.000000265. The number of aliphatic hydroxyl groups excluding tert-OH is 1. The minimum atomic E-state index is -1.18. The number of hydrogen-bond donors (Lipinski definition) is 5. The van der Waals surface area contributed by atoms with Gasteiger partial charge in [-0.15, -0.1) is 0 Å². The maximum absolute atomic E-state index is 10.1. The van der Waals surface area contributed by atoms with E-state index in [0.717, 1.165) is 19.4 Å². The van der Waals surface area contributed by atoms with Crippen LogP contribution in [0.3, 0.4) is 0 Å². The third-order valence-electron chi connectivity index (χ3n) is 1.87. The van der Waals surface area contributed by atoms with Crippen LogP contribution in [-0.4, -0.2) is 52.5 Å². The van der Waals surface area contributed by atoms with Crippen molar-refractivity contribution in [3.05, 3.63) is 0 Å². The zero-order valence-electron chi connectivity index (χ0n) is 8.22. The zero-order valence-corrected chi connectivity index (χ0v) is 8.22. The lowest BCUT2D eigenvalue weighted by atomic mass is 10.2. The van der Waals surface area contributed by atoms with E-state index in [2.05, 4.69) is 5.32 Å². The summed E-state index contributed by atoms with van der Waals surface area (Å²) in [6.45, 7) is 0.353. The highest BCUT2D eigenvalue weighted by Crippen LogP contribution is 2.03. The topological polar surface area (TPSA) is 133 Å². The summed E-state index contributed by atoms with van der Waals surface area (Å²) in [5, 5.41) is 27.1. The Morgan fingerprint density at radius 3 is 2.20 bits per heavy atom. The second-order valence-corrected chi connectivity index (χ2v) is 3.11. The maximum atomic E-state index is 10.1. The van der Waals surface area contributed by atoms with Crippen molar-refractivity contribution in [3.8, 4) is 0 Å². The van der Waals surface area contributed by atoms with Gasteiger partial charge >= 0.3 is 11.9 Å². The third-order valence-corrected chi connectivity index (χ3v) is 1.87. The molecule has 1 rings (SSSR count). The predicted octanol–water partition coefficient (Wildman–Crippen LogP) is -1.79. The van der Waals surface area contributed by atoms with Gasteiger partial charge in [-0.2, -0.15) is 0 Å². The molecule has 0 saturated carbocycles. The molecule has 0 bridgehead atoms. The van der Waals surface area contributed by atoms with E-state index in [1.165, 1.54) is 0 Å². The van der Waals surface area contributed by atoms with Gasteiger partial charge in [-0.1, -0.05) is 0 Å². The molecule has 0 aromatic heterocycles. The number of aliphatic carboxylic acids is 2. The summed E-state index contributed by atoms with van der Waals surface area (Å²) in [5.74, 6) is -1.90. The van der Waals surface area contributed by atoms with Crippen molar-refractivity contribution in [1.82, 2.24) is 5.32 Å². The third kappa shape index (κ3) is 6.00. The molecule has 1 heterocycles. The number of carboxylic acid groups (broad SMARTS) is 2. The molecular weight excluding hydrogens is 204 g/mol. The fourth-order valence-electron chi connectivity index (χ4n) is 0.973. The van der Waals surface area contributed by atoms with E-state index in [1.807, 2.05) is 0 Å². The summed E-state index contributed by atoms with van der Waals surface area (Å²) < 4.78 is 0. The van der Waals surface area contributed by atoms with Crippen LogP contribution in [0.5, 0.6) is 0 Å². The number of hydrogen-bond acceptors (Lipinski definition) is 5. The molecule has 0 amide bonds. The van der Waals surface area contributed by atoms with E-state index in [4.69, 9.17) is 21.1 Å². The van der Waals surface area contributed by atoms with Crippen LogP contribution in [-0.2, 0) is 9.59 Å². The SMILES string of the molecule is NC(CO)C(=O)O.O=C(O)C1CCCN1. The second kappa shape index (κ2) is 7.16. The molecule has 0 aromatic carbocycles. The highest BCUT2D eigenvalue weighted by atomic mass is 16.4. The fourth-order valence-corrected chi connectivity index (χ4v) is 0.973. The smallest absolute Gasteiger partial charge is 0.322 e. The molecule has 7 heteroatoms. The molecule has 6 N–H and O–H groups in total. The molecule has 1 aliphatic rings. The average Bonchev–Trinajstić information content (AvgIpc) is 2.70. The molecule has 2 atom stereocenters. The number of nitrogens with two attached hydrogens (primary N) is 1. The largest absolute Gasteiger partial charge is 0.480 e. The fraction of sp³-hybridized carbons (Fsp3) is 0.750. The Hall–Kier alpha value is -1.18. The maximum Gasteiger partial charge on any atom is 0.322 e. The summed E-state index contributed by atoms with van der Waals surface area (Å²) in [5.41, 5.74) is 4.77. The van der Waals surface area contributed by atoms with Gasteiger partial charge in [-0.05, 0) is 19.4 Å². The standard InChI is InChI=1S/C5H9NO2.C3H7NO3/c7-5(8)4-2-1-3-6-4;4-2(1-5)3(6)7/h4,6H,1-3H2,(H,7,8);2,5H,1,4H2,(H,6,7). The first-order chi connectivity index (χ1) is 6.99. The van der Waals surface area contributed by atoms with Crippen molar-refractivity contribution in [2.75, 3.05) is 13.2 Å². The van der Waals surface area contributed by atoms with Crippen LogP contribution in [0, 0.1) is 0 Å². The Morgan fingerprint density at radius 2 is 2.07 bits per heavy atom. The monoisotopic (exact) mass is 220 g/mol. The predicted molar refractivity (Wildman–Crippen MR) is 51.4 cm³/mol. The van der Waals surface area contributed by atoms with Crippen LogP contribution in [0.25, 0.3) is 0 Å². The number of aliphatic hydroxyl groups is 1. The van der Waals surface area contributed by atoms with Gasteiger partial charge in [0.1, 0.15) is 12.1 Å². The Bertz CT molecular complexity index is 215. The molecule has 1 aliphatic heterocycles. The number of carbonyl (C=O) groups is 2. The van der Waals surface area contributed by atoms with Crippen molar-refractivity contribution >= 4 is 11.9 Å². The first kappa shape index (κ1) is 13.8. The van der Waals surface area contributed by atoms with Gasteiger partial charge in [0.05, 0.1) is 6.61 Å². The van der Waals surface area contributed by atoms with Crippen molar-refractivity contribution in [2.24, 2.45) is 5.73 Å². The highest BCUT2D eigenvalue weighted by Gasteiger charge is 2.20. The van der Waals surface area contributed by atoms with E-state index in [0.29, 0.717) is 0 Å². The van der Waals surface area contributed by atoms with Crippen LogP contribution in [0.4, 0.5) is 0 Å². The lowest BCUT2D eigenvalue weighted by Crippen LogP contribution is -2.33. The minimum Gasteiger partial charge on any atom is -0.480 e. The lowest BCUT2D eigenvalue weighted by Gasteiger charge is -1.99. The van der Waals surface area contributed by atoms with Crippen molar-refractivity contribution in [1.29, 1.82) is 0 Å². The molecule has 88 valence electrons. The van der Waals surface area contributed by atoms with Crippen LogP contribution in [0.15, 0.2) is 0 Å². The average molecular weight is 220 g/mol. The van der Waals surface area contributed by atoms with Gasteiger partial charge in [0.25, 0.3) is 0 Å². The highest BCUT2D eigenvalue weighted by molar-refractivity contribution is 5.73. The van der Waals surface area contributed by atoms with Crippen LogP contribution < -0.4 is 11.1 Å². The summed E-state index contributed by atoms with van der Waals surface area (Å²) >= 11 is 0. The van der Waals surface area contributed by atoms with E-state index < -0.39 is 24.6 Å². The molecule has 7 nitrogen and oxygen atoms in total. The summed E-state index contributed by atoms with van der Waals surface area (Å²) in [6, 6.07) is -1.39. The molecule has 0 aliphatic carbocycles. The summed E-state index contributed by atoms with van der Waals surface area (Å²) in [7, 11) is 0. The lowest BCUT2D eigenvalue weighted by molar-refractivity contribution is -0.140. The van der Waals surface area contributed by atoms with E-state index in [1.54, 1.807) is 0 Å². The summed E-state index contributed by atoms with van der Waals surface area (Å²) in [6.07, 6.45) is 1.78. The van der Waals surface area contributed by atoms with Gasteiger partial charge in [-0.3, -0.25) is 9.59 Å². The molecule has 1 fully saturated rings. The number of carboxylic acids is 2. The van der Waals surface area contributed by atoms with E-state index in [-0.39, 0.29) is 6.04 Å². The normalized spacial score (nSPS) is 21.3. The number of rotatable bonds is 3. The molecule has 0 aromatic rings. The molecule has 0 radical (unpaired) electrons. The molecule has 0 spiro atoms. The zero-order chi connectivity index (χ0) is 11.8. The molecule has 2 unspecified atom stereocenters. The van der Waals surface area contributed by atoms with Gasteiger partial charge < -0.3 is 26.4 Å². The van der Waals surface area contributed by atoms with Gasteiger partial charge in [-0.25, -0.2) is 0 Å². The minimum absolute atomic E-state index is 0.269. The quantitative estimate of drug-likeness (QED) is 0.379. The van der Waals surface area contributed by atoms with Gasteiger partial charge in [0.2, 0.25) is 0 Å². The van der Waals surface area contributed by atoms with E-state index >= 15 is 0 Å². The Morgan fingerprint density at radius 1 is 1.47 bits per heavy atom. The number of nitrogens with one attached hydrogen (secondary N) is 1. The van der Waals surface area contributed by atoms with Gasteiger partial charge in [0, 0.05) is 0 Å². The first-order valence-electron chi connectivity index (χ1n) is 4.54. The first-order valence-corrected chi connectivity index (χ1v) is 4.54. The van der Waals surface area contributed by atoms with Crippen molar-refractivity contribution < 1.29 is 24.9 Å². The van der Waals surface area contributed by atoms with Crippen molar-refractivity contribution in [3.63, 3.8) is 0 Å². The van der Waals surface area contributed by atoms with Crippen LogP contribution in [0.1, 0.15) is 12.8 Å². The molecular formula is C8H16N2O5. The summed E-state index contributed by atoms with van der Waals surface area (Å²) in [4.78, 5) is 19.8. The molecule has 1 saturated heterocycles.